The first-order valence-electron chi connectivity index (χ1n) is 11.7. The topological polar surface area (TPSA) is 95.1 Å². The van der Waals surface area contributed by atoms with Gasteiger partial charge < -0.3 is 15.1 Å². The highest BCUT2D eigenvalue weighted by atomic mass is 19.1. The van der Waals surface area contributed by atoms with E-state index in [1.165, 1.54) is 6.07 Å². The van der Waals surface area contributed by atoms with E-state index in [4.69, 9.17) is 4.42 Å². The molecule has 0 radical (unpaired) electrons. The fraction of sp³-hybridized carbons (Fsp3) is 0.370. The van der Waals surface area contributed by atoms with Gasteiger partial charge in [0, 0.05) is 10.9 Å². The van der Waals surface area contributed by atoms with Crippen LogP contribution >= 0.6 is 0 Å². The van der Waals surface area contributed by atoms with Gasteiger partial charge in [-0.05, 0) is 61.9 Å². The molecule has 2 amide bonds. The van der Waals surface area contributed by atoms with E-state index in [9.17, 15) is 19.2 Å². The zero-order valence-corrected chi connectivity index (χ0v) is 19.0. The first-order valence-corrected chi connectivity index (χ1v) is 11.7. The molecule has 0 unspecified atom stereocenters. The number of nitriles is 1. The van der Waals surface area contributed by atoms with E-state index in [1.807, 2.05) is 13.0 Å². The minimum atomic E-state index is -1.06. The lowest BCUT2D eigenvalue weighted by Crippen LogP contribution is -2.61. The van der Waals surface area contributed by atoms with Crippen molar-refractivity contribution in [1.82, 2.24) is 10.6 Å². The van der Waals surface area contributed by atoms with Gasteiger partial charge in [-0.3, -0.25) is 9.59 Å². The monoisotopic (exact) mass is 459 g/mol. The van der Waals surface area contributed by atoms with Crippen molar-refractivity contribution in [3.8, 4) is 17.2 Å². The molecule has 3 aromatic rings. The molecule has 2 fully saturated rings. The van der Waals surface area contributed by atoms with E-state index in [1.54, 1.807) is 30.3 Å². The predicted octanol–water partition coefficient (Wildman–Crippen LogP) is 5.15. The molecular weight excluding hydrogens is 433 g/mol. The molecule has 0 bridgehead atoms. The molecule has 1 heterocycles. The minimum absolute atomic E-state index is 0.0932. The fourth-order valence-corrected chi connectivity index (χ4v) is 4.73. The molecule has 0 spiro atoms. The van der Waals surface area contributed by atoms with Gasteiger partial charge >= 0.3 is 0 Å². The van der Waals surface area contributed by atoms with E-state index in [2.05, 4.69) is 16.7 Å². The Morgan fingerprint density at radius 3 is 2.44 bits per heavy atom. The highest BCUT2D eigenvalue weighted by Crippen LogP contribution is 2.37. The third-order valence-electron chi connectivity index (χ3n) is 6.99. The summed E-state index contributed by atoms with van der Waals surface area (Å²) >= 11 is 0. The van der Waals surface area contributed by atoms with Gasteiger partial charge in [0.2, 0.25) is 5.91 Å². The standard InChI is InChI=1S/C27H26FN3O3/c1-17-5-8-20(21(28)13-17)18-6-7-19-15-23(34-22(19)14-18)24(32)30-27(9-3-2-4-10-27)25(33)31-26(16-29)11-12-26/h5-8,13-15H,2-4,9-12H2,1H3,(H,30,32)(H,31,33). The Balaban J connectivity index is 1.40. The van der Waals surface area contributed by atoms with Gasteiger partial charge in [-0.25, -0.2) is 4.39 Å². The number of amides is 2. The van der Waals surface area contributed by atoms with Gasteiger partial charge in [-0.1, -0.05) is 43.5 Å². The lowest BCUT2D eigenvalue weighted by molar-refractivity contribution is -0.129. The minimum Gasteiger partial charge on any atom is -0.451 e. The van der Waals surface area contributed by atoms with Crippen molar-refractivity contribution in [2.45, 2.75) is 62.9 Å². The van der Waals surface area contributed by atoms with Crippen LogP contribution in [0.5, 0.6) is 0 Å². The van der Waals surface area contributed by atoms with Gasteiger partial charge in [0.05, 0.1) is 6.07 Å². The van der Waals surface area contributed by atoms with Crippen molar-refractivity contribution >= 4 is 22.8 Å². The van der Waals surface area contributed by atoms with Crippen LogP contribution in [0.15, 0.2) is 46.9 Å². The Morgan fingerprint density at radius 1 is 1.00 bits per heavy atom. The highest BCUT2D eigenvalue weighted by molar-refractivity contribution is 6.00. The summed E-state index contributed by atoms with van der Waals surface area (Å²) in [5, 5.41) is 15.9. The van der Waals surface area contributed by atoms with Crippen molar-refractivity contribution in [1.29, 1.82) is 5.26 Å². The third kappa shape index (κ3) is 4.05. The van der Waals surface area contributed by atoms with Crippen molar-refractivity contribution in [2.24, 2.45) is 0 Å². The summed E-state index contributed by atoms with van der Waals surface area (Å²) in [5.41, 5.74) is 0.554. The molecule has 5 rings (SSSR count). The molecule has 2 aliphatic rings. The van der Waals surface area contributed by atoms with Gasteiger partial charge in [-0.15, -0.1) is 0 Å². The molecule has 2 saturated carbocycles. The van der Waals surface area contributed by atoms with Crippen molar-refractivity contribution in [2.75, 3.05) is 0 Å². The van der Waals surface area contributed by atoms with Crippen LogP contribution in [0, 0.1) is 24.1 Å². The van der Waals surface area contributed by atoms with E-state index in [0.29, 0.717) is 47.8 Å². The normalized spacial score (nSPS) is 18.1. The second-order valence-electron chi connectivity index (χ2n) is 9.59. The number of carbonyl (C=O) groups excluding carboxylic acids is 2. The van der Waals surface area contributed by atoms with Gasteiger partial charge in [0.15, 0.2) is 5.76 Å². The van der Waals surface area contributed by atoms with Crippen LogP contribution < -0.4 is 10.6 Å². The summed E-state index contributed by atoms with van der Waals surface area (Å²) in [6.07, 6.45) is 4.93. The second kappa shape index (κ2) is 8.28. The summed E-state index contributed by atoms with van der Waals surface area (Å²) < 4.78 is 20.3. The number of fused-ring (bicyclic) bond motifs is 1. The lowest BCUT2D eigenvalue weighted by Gasteiger charge is -2.37. The van der Waals surface area contributed by atoms with E-state index < -0.39 is 17.0 Å². The number of rotatable bonds is 5. The van der Waals surface area contributed by atoms with Crippen molar-refractivity contribution < 1.29 is 18.4 Å². The summed E-state index contributed by atoms with van der Waals surface area (Å²) in [4.78, 5) is 26.4. The van der Waals surface area contributed by atoms with Crippen LogP contribution in [0.3, 0.4) is 0 Å². The van der Waals surface area contributed by atoms with Crippen LogP contribution in [-0.2, 0) is 4.79 Å². The molecule has 2 N–H and O–H groups in total. The van der Waals surface area contributed by atoms with E-state index in [0.717, 1.165) is 24.8 Å². The largest absolute Gasteiger partial charge is 0.451 e. The van der Waals surface area contributed by atoms with Crippen molar-refractivity contribution in [3.05, 3.63) is 59.6 Å². The van der Waals surface area contributed by atoms with Crippen LogP contribution in [-0.4, -0.2) is 22.9 Å². The number of hydrogen-bond donors (Lipinski definition) is 2. The number of benzene rings is 2. The Kier molecular flexibility index (Phi) is 5.40. The number of nitrogens with zero attached hydrogens (tertiary/aromatic N) is 1. The summed E-state index contributed by atoms with van der Waals surface area (Å²) in [5.74, 6) is -0.999. The Morgan fingerprint density at radius 2 is 1.76 bits per heavy atom. The molecular formula is C27H26FN3O3. The SMILES string of the molecule is Cc1ccc(-c2ccc3cc(C(=O)NC4(C(=O)NC5(C#N)CC5)CCCCC4)oc3c2)c(F)c1. The first kappa shape index (κ1) is 22.1. The zero-order chi connectivity index (χ0) is 23.9. The molecule has 1 aromatic heterocycles. The number of aryl methyl sites for hydroxylation is 1. The van der Waals surface area contributed by atoms with Crippen LogP contribution in [0.2, 0.25) is 0 Å². The molecule has 2 aliphatic carbocycles. The summed E-state index contributed by atoms with van der Waals surface area (Å²) in [6, 6.07) is 14.2. The average molecular weight is 460 g/mol. The van der Waals surface area contributed by atoms with Crippen LogP contribution in [0.1, 0.15) is 61.1 Å². The zero-order valence-electron chi connectivity index (χ0n) is 19.0. The average Bonchev–Trinajstić information content (AvgIpc) is 3.46. The second-order valence-corrected chi connectivity index (χ2v) is 9.59. The lowest BCUT2D eigenvalue weighted by atomic mass is 9.80. The maximum Gasteiger partial charge on any atom is 0.287 e. The molecule has 0 saturated heterocycles. The highest BCUT2D eigenvalue weighted by Gasteiger charge is 2.50. The van der Waals surface area contributed by atoms with E-state index >= 15 is 0 Å². The number of nitrogens with one attached hydrogen (secondary N) is 2. The molecule has 6 nitrogen and oxygen atoms in total. The van der Waals surface area contributed by atoms with Gasteiger partial charge in [0.1, 0.15) is 22.5 Å². The molecule has 174 valence electrons. The number of hydrogen-bond acceptors (Lipinski definition) is 4. The summed E-state index contributed by atoms with van der Waals surface area (Å²) in [6.45, 7) is 1.83. The Hall–Kier alpha value is -3.66. The quantitative estimate of drug-likeness (QED) is 0.551. The maximum absolute atomic E-state index is 14.4. The smallest absolute Gasteiger partial charge is 0.287 e. The Labute approximate surface area is 197 Å². The summed E-state index contributed by atoms with van der Waals surface area (Å²) in [7, 11) is 0. The van der Waals surface area contributed by atoms with E-state index in [-0.39, 0.29) is 17.5 Å². The van der Waals surface area contributed by atoms with Crippen LogP contribution in [0.4, 0.5) is 4.39 Å². The number of furan rings is 1. The molecule has 2 aromatic carbocycles. The van der Waals surface area contributed by atoms with Crippen LogP contribution in [0.25, 0.3) is 22.1 Å². The van der Waals surface area contributed by atoms with Crippen molar-refractivity contribution in [3.63, 3.8) is 0 Å². The third-order valence-corrected chi connectivity index (χ3v) is 6.99. The Bertz CT molecular complexity index is 1330. The predicted molar refractivity (Wildman–Crippen MR) is 125 cm³/mol. The first-order chi connectivity index (χ1) is 16.3. The molecule has 34 heavy (non-hydrogen) atoms. The number of carbonyl (C=O) groups is 2. The molecule has 0 atom stereocenters. The fourth-order valence-electron chi connectivity index (χ4n) is 4.73. The van der Waals surface area contributed by atoms with Gasteiger partial charge in [0.25, 0.3) is 5.91 Å². The molecule has 0 aliphatic heterocycles. The maximum atomic E-state index is 14.4. The number of halogens is 1. The van der Waals surface area contributed by atoms with Gasteiger partial charge in [-0.2, -0.15) is 5.26 Å². The molecule has 7 heteroatoms.